The molecule has 0 saturated heterocycles. The quantitative estimate of drug-likeness (QED) is 0.212. The zero-order valence-corrected chi connectivity index (χ0v) is 19.8. The van der Waals surface area contributed by atoms with Gasteiger partial charge in [0.25, 0.3) is 11.5 Å². The number of thioether (sulfide) groups is 1. The van der Waals surface area contributed by atoms with Gasteiger partial charge in [-0.3, -0.25) is 14.9 Å². The predicted octanol–water partition coefficient (Wildman–Crippen LogP) is 4.25. The molecule has 0 spiro atoms. The van der Waals surface area contributed by atoms with Gasteiger partial charge in [0.05, 0.1) is 30.4 Å². The van der Waals surface area contributed by atoms with Gasteiger partial charge in [-0.1, -0.05) is 30.0 Å². The number of ketones is 1. The lowest BCUT2D eigenvalue weighted by molar-refractivity contribution is -0.384. The van der Waals surface area contributed by atoms with E-state index in [0.29, 0.717) is 52.3 Å². The van der Waals surface area contributed by atoms with Crippen molar-refractivity contribution in [1.29, 1.82) is 0 Å². The Kier molecular flexibility index (Phi) is 6.08. The molecule has 2 aromatic heterocycles. The van der Waals surface area contributed by atoms with E-state index in [1.165, 1.54) is 28.4 Å². The van der Waals surface area contributed by atoms with Crippen molar-refractivity contribution >= 4 is 29.0 Å². The summed E-state index contributed by atoms with van der Waals surface area (Å²) >= 11 is 1.35. The van der Waals surface area contributed by atoms with Gasteiger partial charge in [-0.15, -0.1) is 5.10 Å². The summed E-state index contributed by atoms with van der Waals surface area (Å²) in [7, 11) is 3.17. The van der Waals surface area contributed by atoms with Crippen LogP contribution in [0.25, 0.3) is 5.78 Å². The van der Waals surface area contributed by atoms with Gasteiger partial charge in [-0.25, -0.2) is 9.50 Å². The number of methoxy groups -OCH3 is 2. The molecular formula is C24H21N5O5S. The van der Waals surface area contributed by atoms with Crippen molar-refractivity contribution in [1.82, 2.24) is 19.6 Å². The van der Waals surface area contributed by atoms with E-state index in [4.69, 9.17) is 9.47 Å². The number of benzene rings is 2. The van der Waals surface area contributed by atoms with Crippen LogP contribution in [-0.4, -0.2) is 44.5 Å². The monoisotopic (exact) mass is 491 g/mol. The van der Waals surface area contributed by atoms with Gasteiger partial charge in [0, 0.05) is 30.5 Å². The fraction of sp³-hybridized carbons (Fsp3) is 0.250. The molecule has 1 atom stereocenters. The maximum absolute atomic E-state index is 13.0. The van der Waals surface area contributed by atoms with Crippen LogP contribution in [0.15, 0.2) is 53.8 Å². The van der Waals surface area contributed by atoms with Crippen LogP contribution in [0, 0.1) is 10.1 Å². The van der Waals surface area contributed by atoms with Crippen molar-refractivity contribution in [2.75, 3.05) is 14.2 Å². The van der Waals surface area contributed by atoms with Gasteiger partial charge in [-0.05, 0) is 35.6 Å². The maximum atomic E-state index is 13.0. The molecule has 1 aliphatic carbocycles. The normalized spacial score (nSPS) is 15.1. The number of hydrogen-bond acceptors (Lipinski definition) is 9. The number of nitrogens with zero attached hydrogens (tertiary/aromatic N) is 5. The molecule has 11 heteroatoms. The highest BCUT2D eigenvalue weighted by Crippen LogP contribution is 2.36. The third-order valence-electron chi connectivity index (χ3n) is 5.93. The van der Waals surface area contributed by atoms with Crippen LogP contribution in [0.1, 0.15) is 39.5 Å². The molecule has 2 heterocycles. The SMILES string of the molecule is COc1ccc([C@H]2CC(=O)c3cn4nc(SCc5cccc([N+](=O)[O-])c5)nc4nc3C2)cc1OC. The first-order valence-corrected chi connectivity index (χ1v) is 11.8. The van der Waals surface area contributed by atoms with Crippen molar-refractivity contribution in [3.63, 3.8) is 0 Å². The number of non-ortho nitro benzene ring substituents is 1. The third-order valence-corrected chi connectivity index (χ3v) is 6.84. The molecule has 0 unspecified atom stereocenters. The van der Waals surface area contributed by atoms with E-state index in [0.717, 1.165) is 11.1 Å². The standard InChI is InChI=1S/C24H21N5O5S/c1-33-21-7-6-15(11-22(21)34-2)16-9-19-18(20(30)10-16)12-28-23(25-19)26-24(27-28)35-13-14-4-3-5-17(8-14)29(31)32/h3-8,11-12,16H,9-10,13H2,1-2H3/t16-/m1/s1. The topological polar surface area (TPSA) is 122 Å². The minimum absolute atomic E-state index is 0.00160. The van der Waals surface area contributed by atoms with Crippen LogP contribution in [0.2, 0.25) is 0 Å². The highest BCUT2D eigenvalue weighted by molar-refractivity contribution is 7.98. The summed E-state index contributed by atoms with van der Waals surface area (Å²) in [5.74, 6) is 2.11. The number of Topliss-reactive ketones (excluding diaryl/α,β-unsaturated/α-hetero) is 1. The molecule has 0 bridgehead atoms. The minimum Gasteiger partial charge on any atom is -0.493 e. The molecule has 0 saturated carbocycles. The molecular weight excluding hydrogens is 470 g/mol. The number of hydrogen-bond donors (Lipinski definition) is 0. The Bertz CT molecular complexity index is 1450. The number of aromatic nitrogens is 4. The first kappa shape index (κ1) is 22.8. The van der Waals surface area contributed by atoms with Crippen molar-refractivity contribution in [3.8, 4) is 11.5 Å². The van der Waals surface area contributed by atoms with E-state index in [9.17, 15) is 14.9 Å². The smallest absolute Gasteiger partial charge is 0.269 e. The number of carbonyl (C=O) groups excluding carboxylic acids is 1. The second-order valence-electron chi connectivity index (χ2n) is 8.10. The summed E-state index contributed by atoms with van der Waals surface area (Å²) in [4.78, 5) is 32.7. The molecule has 0 radical (unpaired) electrons. The summed E-state index contributed by atoms with van der Waals surface area (Å²) in [5, 5.41) is 15.9. The second-order valence-corrected chi connectivity index (χ2v) is 9.04. The molecule has 0 amide bonds. The Hall–Kier alpha value is -3.99. The van der Waals surface area contributed by atoms with Gasteiger partial charge >= 0.3 is 0 Å². The maximum Gasteiger partial charge on any atom is 0.269 e. The zero-order valence-electron chi connectivity index (χ0n) is 19.0. The van der Waals surface area contributed by atoms with E-state index in [-0.39, 0.29) is 17.4 Å². The van der Waals surface area contributed by atoms with Crippen LogP contribution in [0.3, 0.4) is 0 Å². The van der Waals surface area contributed by atoms with Gasteiger partial charge < -0.3 is 9.47 Å². The first-order chi connectivity index (χ1) is 16.9. The number of rotatable bonds is 7. The van der Waals surface area contributed by atoms with E-state index in [2.05, 4.69) is 15.1 Å². The lowest BCUT2D eigenvalue weighted by Crippen LogP contribution is -2.21. The van der Waals surface area contributed by atoms with Gasteiger partial charge in [0.2, 0.25) is 5.16 Å². The number of nitro benzene ring substituents is 1. The van der Waals surface area contributed by atoms with E-state index in [1.807, 2.05) is 24.3 Å². The molecule has 178 valence electrons. The fourth-order valence-electron chi connectivity index (χ4n) is 4.18. The summed E-state index contributed by atoms with van der Waals surface area (Å²) in [6, 6.07) is 12.2. The lowest BCUT2D eigenvalue weighted by atomic mass is 9.82. The lowest BCUT2D eigenvalue weighted by Gasteiger charge is -2.23. The molecule has 5 rings (SSSR count). The van der Waals surface area contributed by atoms with Gasteiger partial charge in [0.15, 0.2) is 17.3 Å². The number of carbonyl (C=O) groups is 1. The van der Waals surface area contributed by atoms with Crippen molar-refractivity contribution in [2.45, 2.75) is 29.7 Å². The van der Waals surface area contributed by atoms with Crippen LogP contribution in [0.5, 0.6) is 11.5 Å². The molecule has 0 fully saturated rings. The average molecular weight is 492 g/mol. The third kappa shape index (κ3) is 4.54. The zero-order chi connectivity index (χ0) is 24.5. The van der Waals surface area contributed by atoms with Crippen LogP contribution < -0.4 is 9.47 Å². The fourth-order valence-corrected chi connectivity index (χ4v) is 4.94. The molecule has 35 heavy (non-hydrogen) atoms. The molecule has 10 nitrogen and oxygen atoms in total. The number of nitro groups is 1. The number of fused-ring (bicyclic) bond motifs is 2. The first-order valence-electron chi connectivity index (χ1n) is 10.8. The van der Waals surface area contributed by atoms with Crippen molar-refractivity contribution in [3.05, 3.63) is 81.2 Å². The Morgan fingerprint density at radius 3 is 2.71 bits per heavy atom. The van der Waals surface area contributed by atoms with Crippen LogP contribution >= 0.6 is 11.8 Å². The average Bonchev–Trinajstić information content (AvgIpc) is 3.27. The van der Waals surface area contributed by atoms with E-state index < -0.39 is 4.92 Å². The summed E-state index contributed by atoms with van der Waals surface area (Å²) in [6.07, 6.45) is 2.64. The molecule has 4 aromatic rings. The van der Waals surface area contributed by atoms with Crippen molar-refractivity contribution in [2.24, 2.45) is 0 Å². The largest absolute Gasteiger partial charge is 0.493 e. The second kappa shape index (κ2) is 9.34. The molecule has 1 aliphatic rings. The Labute approximate surface area is 204 Å². The minimum atomic E-state index is -0.419. The number of ether oxygens (including phenoxy) is 2. The van der Waals surface area contributed by atoms with E-state index >= 15 is 0 Å². The molecule has 0 N–H and O–H groups in total. The highest BCUT2D eigenvalue weighted by atomic mass is 32.2. The van der Waals surface area contributed by atoms with Crippen LogP contribution in [-0.2, 0) is 12.2 Å². The Morgan fingerprint density at radius 1 is 1.11 bits per heavy atom. The van der Waals surface area contributed by atoms with Crippen molar-refractivity contribution < 1.29 is 19.2 Å². The van der Waals surface area contributed by atoms with Gasteiger partial charge in [-0.2, -0.15) is 4.98 Å². The summed E-state index contributed by atoms with van der Waals surface area (Å²) in [6.45, 7) is 0. The highest BCUT2D eigenvalue weighted by Gasteiger charge is 2.29. The Morgan fingerprint density at radius 2 is 1.94 bits per heavy atom. The van der Waals surface area contributed by atoms with E-state index in [1.54, 1.807) is 26.5 Å². The summed E-state index contributed by atoms with van der Waals surface area (Å²) < 4.78 is 12.2. The predicted molar refractivity (Wildman–Crippen MR) is 128 cm³/mol. The van der Waals surface area contributed by atoms with Crippen LogP contribution in [0.4, 0.5) is 5.69 Å². The molecule has 2 aromatic carbocycles. The van der Waals surface area contributed by atoms with Gasteiger partial charge in [0.1, 0.15) is 0 Å². The Balaban J connectivity index is 1.38. The molecule has 0 aliphatic heterocycles. The summed E-state index contributed by atoms with van der Waals surface area (Å²) in [5.41, 5.74) is 3.06.